The second-order valence-electron chi connectivity index (χ2n) is 8.21. The van der Waals surface area contributed by atoms with Crippen LogP contribution >= 0.6 is 0 Å². The summed E-state index contributed by atoms with van der Waals surface area (Å²) in [6.45, 7) is 7.34. The quantitative estimate of drug-likeness (QED) is 0.832. The van der Waals surface area contributed by atoms with Crippen LogP contribution in [0.2, 0.25) is 0 Å². The number of nitrogens with one attached hydrogen (secondary N) is 1. The first-order valence-electron chi connectivity index (χ1n) is 9.73. The molecule has 3 rings (SSSR count). The monoisotopic (exact) mass is 292 g/mol. The van der Waals surface area contributed by atoms with Crippen molar-refractivity contribution >= 4 is 0 Å². The minimum atomic E-state index is 0.477. The molecule has 0 aromatic rings. The van der Waals surface area contributed by atoms with Gasteiger partial charge in [0.25, 0.3) is 0 Å². The Hall–Kier alpha value is -0.0800. The van der Waals surface area contributed by atoms with Gasteiger partial charge in [0, 0.05) is 30.7 Å². The molecule has 122 valence electrons. The highest BCUT2D eigenvalue weighted by Crippen LogP contribution is 2.36. The van der Waals surface area contributed by atoms with Gasteiger partial charge in [0.2, 0.25) is 0 Å². The van der Waals surface area contributed by atoms with Gasteiger partial charge in [0.15, 0.2) is 0 Å². The molecular weight excluding hydrogens is 256 g/mol. The zero-order chi connectivity index (χ0) is 14.7. The predicted octanol–water partition coefficient (Wildman–Crippen LogP) is 4.34. The smallest absolute Gasteiger partial charge is 0.0309 e. The van der Waals surface area contributed by atoms with Gasteiger partial charge in [-0.3, -0.25) is 4.90 Å². The Balaban J connectivity index is 1.58. The van der Waals surface area contributed by atoms with E-state index in [1.54, 1.807) is 0 Å². The molecule has 1 spiro atoms. The lowest BCUT2D eigenvalue weighted by molar-refractivity contribution is 0.0130. The van der Waals surface area contributed by atoms with Crippen molar-refractivity contribution in [1.29, 1.82) is 0 Å². The molecular formula is C19H36N2. The Morgan fingerprint density at radius 2 is 1.76 bits per heavy atom. The normalized spacial score (nSPS) is 37.7. The average Bonchev–Trinajstić information content (AvgIpc) is 2.52. The van der Waals surface area contributed by atoms with Gasteiger partial charge in [-0.2, -0.15) is 0 Å². The molecule has 1 N–H and O–H groups in total. The summed E-state index contributed by atoms with van der Waals surface area (Å²) in [6.07, 6.45) is 15.9. The summed E-state index contributed by atoms with van der Waals surface area (Å²) in [6, 6.07) is 1.62. The maximum atomic E-state index is 3.94. The second kappa shape index (κ2) is 7.00. The summed E-state index contributed by atoms with van der Waals surface area (Å²) >= 11 is 0. The highest BCUT2D eigenvalue weighted by molar-refractivity contribution is 5.00. The number of rotatable bonds is 3. The first-order chi connectivity index (χ1) is 10.2. The molecule has 2 heteroatoms. The minimum Gasteiger partial charge on any atom is -0.308 e. The Morgan fingerprint density at radius 1 is 1.05 bits per heavy atom. The number of hydrogen-bond acceptors (Lipinski definition) is 2. The van der Waals surface area contributed by atoms with Gasteiger partial charge in [0.05, 0.1) is 0 Å². The highest BCUT2D eigenvalue weighted by atomic mass is 15.3. The third-order valence-electron chi connectivity index (χ3n) is 6.62. The van der Waals surface area contributed by atoms with Gasteiger partial charge in [-0.1, -0.05) is 39.0 Å². The fraction of sp³-hybridized carbons (Fsp3) is 1.00. The standard InChI is InChI=1S/C19H36N2/c1-3-7-17-8-10-18(11-9-17)21-15-19(20-14-16(21)2)12-5-4-6-13-19/h16-18,20H,3-15H2,1-2H3. The first-order valence-corrected chi connectivity index (χ1v) is 9.73. The van der Waals surface area contributed by atoms with Crippen molar-refractivity contribution in [2.24, 2.45) is 5.92 Å². The van der Waals surface area contributed by atoms with E-state index in [1.807, 2.05) is 0 Å². The molecule has 1 aliphatic heterocycles. The van der Waals surface area contributed by atoms with Gasteiger partial charge in [-0.05, 0) is 51.4 Å². The predicted molar refractivity (Wildman–Crippen MR) is 90.6 cm³/mol. The van der Waals surface area contributed by atoms with E-state index in [4.69, 9.17) is 0 Å². The van der Waals surface area contributed by atoms with E-state index in [0.29, 0.717) is 5.54 Å². The molecule has 1 saturated heterocycles. The fourth-order valence-corrected chi connectivity index (χ4v) is 5.27. The zero-order valence-electron chi connectivity index (χ0n) is 14.4. The SMILES string of the molecule is CCCC1CCC(N2CC3(CCCCC3)NCC2C)CC1. The summed E-state index contributed by atoms with van der Waals surface area (Å²) in [5.41, 5.74) is 0.477. The molecule has 0 radical (unpaired) electrons. The van der Waals surface area contributed by atoms with Crippen molar-refractivity contribution in [2.45, 2.75) is 102 Å². The Labute approximate surface area is 132 Å². The molecule has 1 heterocycles. The van der Waals surface area contributed by atoms with Crippen LogP contribution in [0.25, 0.3) is 0 Å². The molecule has 2 saturated carbocycles. The molecule has 1 atom stereocenters. The maximum absolute atomic E-state index is 3.94. The van der Waals surface area contributed by atoms with Crippen LogP contribution in [0.5, 0.6) is 0 Å². The van der Waals surface area contributed by atoms with E-state index < -0.39 is 0 Å². The number of nitrogens with zero attached hydrogens (tertiary/aromatic N) is 1. The van der Waals surface area contributed by atoms with Crippen LogP contribution in [0, 0.1) is 5.92 Å². The Kier molecular flexibility index (Phi) is 5.27. The van der Waals surface area contributed by atoms with Crippen molar-refractivity contribution < 1.29 is 0 Å². The molecule has 2 nitrogen and oxygen atoms in total. The topological polar surface area (TPSA) is 15.3 Å². The van der Waals surface area contributed by atoms with Crippen molar-refractivity contribution in [3.8, 4) is 0 Å². The summed E-state index contributed by atoms with van der Waals surface area (Å²) < 4.78 is 0. The highest BCUT2D eigenvalue weighted by Gasteiger charge is 2.41. The van der Waals surface area contributed by atoms with E-state index in [0.717, 1.165) is 18.0 Å². The van der Waals surface area contributed by atoms with Crippen LogP contribution in [0.1, 0.15) is 84.5 Å². The van der Waals surface area contributed by atoms with Crippen LogP contribution in [0.15, 0.2) is 0 Å². The molecule has 0 amide bonds. The Bertz CT molecular complexity index is 314. The zero-order valence-corrected chi connectivity index (χ0v) is 14.4. The molecule has 1 unspecified atom stereocenters. The van der Waals surface area contributed by atoms with E-state index in [1.165, 1.54) is 83.7 Å². The molecule has 21 heavy (non-hydrogen) atoms. The van der Waals surface area contributed by atoms with Crippen molar-refractivity contribution in [1.82, 2.24) is 10.2 Å². The van der Waals surface area contributed by atoms with Crippen LogP contribution in [-0.2, 0) is 0 Å². The van der Waals surface area contributed by atoms with E-state index in [2.05, 4.69) is 24.1 Å². The van der Waals surface area contributed by atoms with Gasteiger partial charge < -0.3 is 5.32 Å². The van der Waals surface area contributed by atoms with Gasteiger partial charge >= 0.3 is 0 Å². The third-order valence-corrected chi connectivity index (χ3v) is 6.62. The number of piperazine rings is 1. The van der Waals surface area contributed by atoms with Crippen LogP contribution in [0.3, 0.4) is 0 Å². The van der Waals surface area contributed by atoms with Crippen LogP contribution in [0.4, 0.5) is 0 Å². The lowest BCUT2D eigenvalue weighted by atomic mass is 9.77. The van der Waals surface area contributed by atoms with Crippen LogP contribution < -0.4 is 5.32 Å². The van der Waals surface area contributed by atoms with Crippen molar-refractivity contribution in [3.63, 3.8) is 0 Å². The molecule has 0 aromatic heterocycles. The van der Waals surface area contributed by atoms with E-state index in [9.17, 15) is 0 Å². The fourth-order valence-electron chi connectivity index (χ4n) is 5.27. The summed E-state index contributed by atoms with van der Waals surface area (Å²) in [7, 11) is 0. The molecule has 3 aliphatic rings. The molecule has 2 aliphatic carbocycles. The lowest BCUT2D eigenvalue weighted by Gasteiger charge is -2.52. The molecule has 0 bridgehead atoms. The summed E-state index contributed by atoms with van der Waals surface area (Å²) in [4.78, 5) is 2.91. The van der Waals surface area contributed by atoms with Gasteiger partial charge in [0.1, 0.15) is 0 Å². The average molecular weight is 293 g/mol. The second-order valence-corrected chi connectivity index (χ2v) is 8.21. The third kappa shape index (κ3) is 3.64. The van der Waals surface area contributed by atoms with Crippen molar-refractivity contribution in [3.05, 3.63) is 0 Å². The Morgan fingerprint density at radius 3 is 2.43 bits per heavy atom. The summed E-state index contributed by atoms with van der Waals surface area (Å²) in [5.74, 6) is 1.04. The van der Waals surface area contributed by atoms with Crippen molar-refractivity contribution in [2.75, 3.05) is 13.1 Å². The molecule has 0 aromatic carbocycles. The van der Waals surface area contributed by atoms with Crippen LogP contribution in [-0.4, -0.2) is 35.6 Å². The summed E-state index contributed by atoms with van der Waals surface area (Å²) in [5, 5.41) is 3.94. The first kappa shape index (κ1) is 15.8. The maximum Gasteiger partial charge on any atom is 0.0309 e. The minimum absolute atomic E-state index is 0.477. The largest absolute Gasteiger partial charge is 0.308 e. The lowest BCUT2D eigenvalue weighted by Crippen LogP contribution is -2.66. The molecule has 3 fully saturated rings. The number of hydrogen-bond donors (Lipinski definition) is 1. The van der Waals surface area contributed by atoms with E-state index >= 15 is 0 Å². The van der Waals surface area contributed by atoms with E-state index in [-0.39, 0.29) is 0 Å². The van der Waals surface area contributed by atoms with Gasteiger partial charge in [-0.25, -0.2) is 0 Å². The van der Waals surface area contributed by atoms with Gasteiger partial charge in [-0.15, -0.1) is 0 Å².